The second-order valence-electron chi connectivity index (χ2n) is 6.27. The molecule has 0 aromatic heterocycles. The number of ether oxygens (including phenoxy) is 3. The van der Waals surface area contributed by atoms with E-state index in [1.807, 2.05) is 19.1 Å². The number of nitrogens with two attached hydrogens (primary N) is 1. The van der Waals surface area contributed by atoms with Crippen LogP contribution in [0.3, 0.4) is 0 Å². The van der Waals surface area contributed by atoms with E-state index >= 15 is 0 Å². The minimum atomic E-state index is -0.459. The van der Waals surface area contributed by atoms with Gasteiger partial charge in [-0.25, -0.2) is 0 Å². The largest absolute Gasteiger partial charge is 0.493 e. The molecule has 1 aliphatic rings. The maximum absolute atomic E-state index is 11.7. The van der Waals surface area contributed by atoms with Crippen molar-refractivity contribution in [3.63, 3.8) is 0 Å². The summed E-state index contributed by atoms with van der Waals surface area (Å²) in [4.78, 5) is 13.9. The molecule has 2 rings (SSSR count). The SMILES string of the molecule is COc1cc(CN2CCCC(C)(C(N)=O)C2)cc(OC)c1OC. The fourth-order valence-electron chi connectivity index (χ4n) is 3.17. The van der Waals surface area contributed by atoms with Crippen LogP contribution in [0.1, 0.15) is 25.3 Å². The second-order valence-corrected chi connectivity index (χ2v) is 6.27. The highest BCUT2D eigenvalue weighted by atomic mass is 16.5. The van der Waals surface area contributed by atoms with E-state index in [4.69, 9.17) is 19.9 Å². The quantitative estimate of drug-likeness (QED) is 0.864. The van der Waals surface area contributed by atoms with Crippen LogP contribution in [0.4, 0.5) is 0 Å². The number of nitrogens with zero attached hydrogens (tertiary/aromatic N) is 1. The van der Waals surface area contributed by atoms with E-state index in [9.17, 15) is 4.79 Å². The van der Waals surface area contributed by atoms with Crippen LogP contribution in [-0.2, 0) is 11.3 Å². The summed E-state index contributed by atoms with van der Waals surface area (Å²) in [5.41, 5.74) is 6.15. The first-order chi connectivity index (χ1) is 10.9. The van der Waals surface area contributed by atoms with Crippen molar-refractivity contribution in [2.24, 2.45) is 11.1 Å². The molecule has 1 aliphatic heterocycles. The molecule has 1 saturated heterocycles. The monoisotopic (exact) mass is 322 g/mol. The molecule has 2 N–H and O–H groups in total. The molecule has 6 nitrogen and oxygen atoms in total. The minimum absolute atomic E-state index is 0.230. The Labute approximate surface area is 137 Å². The van der Waals surface area contributed by atoms with Crippen molar-refractivity contribution in [3.05, 3.63) is 17.7 Å². The Balaban J connectivity index is 2.21. The number of benzene rings is 1. The minimum Gasteiger partial charge on any atom is -0.493 e. The van der Waals surface area contributed by atoms with Gasteiger partial charge in [0.2, 0.25) is 11.7 Å². The van der Waals surface area contributed by atoms with E-state index in [0.29, 0.717) is 30.3 Å². The van der Waals surface area contributed by atoms with Gasteiger partial charge < -0.3 is 19.9 Å². The molecule has 0 radical (unpaired) electrons. The van der Waals surface area contributed by atoms with Crippen molar-refractivity contribution in [3.8, 4) is 17.2 Å². The number of carbonyl (C=O) groups is 1. The Morgan fingerprint density at radius 1 is 1.22 bits per heavy atom. The van der Waals surface area contributed by atoms with Crippen molar-refractivity contribution < 1.29 is 19.0 Å². The van der Waals surface area contributed by atoms with E-state index < -0.39 is 5.41 Å². The Hall–Kier alpha value is -1.95. The molecule has 0 saturated carbocycles. The van der Waals surface area contributed by atoms with Gasteiger partial charge in [-0.15, -0.1) is 0 Å². The van der Waals surface area contributed by atoms with E-state index in [0.717, 1.165) is 24.9 Å². The first-order valence-corrected chi connectivity index (χ1v) is 7.74. The zero-order chi connectivity index (χ0) is 17.0. The molecular weight excluding hydrogens is 296 g/mol. The van der Waals surface area contributed by atoms with Crippen LogP contribution in [0.25, 0.3) is 0 Å². The highest BCUT2D eigenvalue weighted by Gasteiger charge is 2.36. The normalized spacial score (nSPS) is 21.7. The van der Waals surface area contributed by atoms with Gasteiger partial charge in [-0.2, -0.15) is 0 Å². The summed E-state index contributed by atoms with van der Waals surface area (Å²) in [6, 6.07) is 3.88. The Morgan fingerprint density at radius 3 is 2.30 bits per heavy atom. The topological polar surface area (TPSA) is 74.0 Å². The van der Waals surface area contributed by atoms with Crippen LogP contribution in [0, 0.1) is 5.41 Å². The maximum Gasteiger partial charge on any atom is 0.224 e. The molecule has 1 fully saturated rings. The molecule has 1 aromatic rings. The van der Waals surface area contributed by atoms with E-state index in [1.54, 1.807) is 21.3 Å². The van der Waals surface area contributed by atoms with Gasteiger partial charge >= 0.3 is 0 Å². The molecule has 6 heteroatoms. The van der Waals surface area contributed by atoms with Crippen LogP contribution in [0.5, 0.6) is 17.2 Å². The first-order valence-electron chi connectivity index (χ1n) is 7.74. The molecular formula is C17H26N2O4. The molecule has 1 unspecified atom stereocenters. The lowest BCUT2D eigenvalue weighted by atomic mass is 9.81. The summed E-state index contributed by atoms with van der Waals surface area (Å²) in [5.74, 6) is 1.62. The van der Waals surface area contributed by atoms with Crippen molar-refractivity contribution in [1.82, 2.24) is 4.90 Å². The standard InChI is InChI=1S/C17H26N2O4/c1-17(16(18)20)6-5-7-19(11-17)10-12-8-13(21-2)15(23-4)14(9-12)22-3/h8-9H,5-7,10-11H2,1-4H3,(H2,18,20). The average molecular weight is 322 g/mol. The van der Waals surface area contributed by atoms with Gasteiger partial charge in [-0.3, -0.25) is 9.69 Å². The number of hydrogen-bond acceptors (Lipinski definition) is 5. The highest BCUT2D eigenvalue weighted by molar-refractivity contribution is 5.80. The third-order valence-corrected chi connectivity index (χ3v) is 4.50. The van der Waals surface area contributed by atoms with Crippen LogP contribution in [0.15, 0.2) is 12.1 Å². The van der Waals surface area contributed by atoms with Gasteiger partial charge in [0.05, 0.1) is 26.7 Å². The van der Waals surface area contributed by atoms with Crippen molar-refractivity contribution in [1.29, 1.82) is 0 Å². The van der Waals surface area contributed by atoms with Gasteiger partial charge in [0.15, 0.2) is 11.5 Å². The highest BCUT2D eigenvalue weighted by Crippen LogP contribution is 2.39. The Kier molecular flexibility index (Phi) is 5.36. The van der Waals surface area contributed by atoms with Crippen molar-refractivity contribution >= 4 is 5.91 Å². The number of amides is 1. The molecule has 1 amide bonds. The number of methoxy groups -OCH3 is 3. The number of likely N-dealkylation sites (tertiary alicyclic amines) is 1. The lowest BCUT2D eigenvalue weighted by molar-refractivity contribution is -0.129. The Morgan fingerprint density at radius 2 is 1.83 bits per heavy atom. The zero-order valence-electron chi connectivity index (χ0n) is 14.3. The molecule has 0 aliphatic carbocycles. The number of primary amides is 1. The first kappa shape index (κ1) is 17.4. The molecule has 1 aromatic carbocycles. The van der Waals surface area contributed by atoms with Crippen molar-refractivity contribution in [2.75, 3.05) is 34.4 Å². The lowest BCUT2D eigenvalue weighted by Crippen LogP contribution is -2.48. The van der Waals surface area contributed by atoms with Gasteiger partial charge in [0.1, 0.15) is 0 Å². The third kappa shape index (κ3) is 3.69. The van der Waals surface area contributed by atoms with E-state index in [2.05, 4.69) is 4.90 Å². The number of hydrogen-bond donors (Lipinski definition) is 1. The summed E-state index contributed by atoms with van der Waals surface area (Å²) in [6.45, 7) is 4.26. The predicted octanol–water partition coefficient (Wildman–Crippen LogP) is 1.80. The van der Waals surface area contributed by atoms with Crippen LogP contribution in [-0.4, -0.2) is 45.2 Å². The summed E-state index contributed by atoms with van der Waals surface area (Å²) in [5, 5.41) is 0. The number of rotatable bonds is 6. The maximum atomic E-state index is 11.7. The zero-order valence-corrected chi connectivity index (χ0v) is 14.3. The van der Waals surface area contributed by atoms with Gasteiger partial charge in [-0.1, -0.05) is 0 Å². The van der Waals surface area contributed by atoms with Crippen LogP contribution < -0.4 is 19.9 Å². The summed E-state index contributed by atoms with van der Waals surface area (Å²) >= 11 is 0. The Bertz CT molecular complexity index is 551. The third-order valence-electron chi connectivity index (χ3n) is 4.50. The van der Waals surface area contributed by atoms with Gasteiger partial charge in [-0.05, 0) is 44.0 Å². The fourth-order valence-corrected chi connectivity index (χ4v) is 3.17. The molecule has 23 heavy (non-hydrogen) atoms. The fraction of sp³-hybridized carbons (Fsp3) is 0.588. The number of piperidine rings is 1. The van der Waals surface area contributed by atoms with Crippen LogP contribution in [0.2, 0.25) is 0 Å². The summed E-state index contributed by atoms with van der Waals surface area (Å²) < 4.78 is 16.1. The van der Waals surface area contributed by atoms with Gasteiger partial charge in [0.25, 0.3) is 0 Å². The van der Waals surface area contributed by atoms with Crippen LogP contribution >= 0.6 is 0 Å². The van der Waals surface area contributed by atoms with Gasteiger partial charge in [0, 0.05) is 13.1 Å². The molecule has 0 spiro atoms. The lowest BCUT2D eigenvalue weighted by Gasteiger charge is -2.38. The smallest absolute Gasteiger partial charge is 0.224 e. The molecule has 1 heterocycles. The number of carbonyl (C=O) groups excluding carboxylic acids is 1. The molecule has 0 bridgehead atoms. The molecule has 128 valence electrons. The van der Waals surface area contributed by atoms with E-state index in [1.165, 1.54) is 0 Å². The van der Waals surface area contributed by atoms with E-state index in [-0.39, 0.29) is 5.91 Å². The molecule has 1 atom stereocenters. The second kappa shape index (κ2) is 7.08. The average Bonchev–Trinajstić information content (AvgIpc) is 2.53. The predicted molar refractivity (Wildman–Crippen MR) is 87.9 cm³/mol. The summed E-state index contributed by atoms with van der Waals surface area (Å²) in [7, 11) is 4.79. The summed E-state index contributed by atoms with van der Waals surface area (Å²) in [6.07, 6.45) is 1.80. The van der Waals surface area contributed by atoms with Crippen molar-refractivity contribution in [2.45, 2.75) is 26.3 Å².